The maximum atomic E-state index is 11.2. The van der Waals surface area contributed by atoms with E-state index < -0.39 is 0 Å². The van der Waals surface area contributed by atoms with Gasteiger partial charge in [-0.1, -0.05) is 6.07 Å². The van der Waals surface area contributed by atoms with Crippen LogP contribution < -0.4 is 10.5 Å². The Morgan fingerprint density at radius 1 is 1.32 bits per heavy atom. The van der Waals surface area contributed by atoms with E-state index in [1.54, 1.807) is 0 Å². The minimum absolute atomic E-state index is 0. The Bertz CT molecular complexity index is 479. The van der Waals surface area contributed by atoms with Crippen molar-refractivity contribution in [3.8, 4) is 5.75 Å². The summed E-state index contributed by atoms with van der Waals surface area (Å²) in [5.41, 5.74) is 8.72. The smallest absolute Gasteiger partial charge is 0.305 e. The van der Waals surface area contributed by atoms with Crippen molar-refractivity contribution < 1.29 is 14.3 Å². The van der Waals surface area contributed by atoms with Gasteiger partial charge < -0.3 is 15.2 Å². The Morgan fingerprint density at radius 3 is 2.91 bits per heavy atom. The molecule has 1 atom stereocenters. The Morgan fingerprint density at radius 2 is 2.14 bits per heavy atom. The normalized spacial score (nSPS) is 16.4. The van der Waals surface area contributed by atoms with Crippen LogP contribution in [-0.4, -0.2) is 25.2 Å². The average molecular weight is 328 g/mol. The monoisotopic (exact) mass is 327 g/mol. The first-order valence-electron chi connectivity index (χ1n) is 7.85. The van der Waals surface area contributed by atoms with Gasteiger partial charge in [0.15, 0.2) is 0 Å². The molecule has 1 aromatic carbocycles. The first-order chi connectivity index (χ1) is 10.2. The highest BCUT2D eigenvalue weighted by atomic mass is 35.5. The fraction of sp³-hybridized carbons (Fsp3) is 0.588. The molecular weight excluding hydrogens is 302 g/mol. The Labute approximate surface area is 138 Å². The predicted octanol–water partition coefficient (Wildman–Crippen LogP) is 3.04. The molecule has 0 amide bonds. The number of carbonyl (C=O) groups excluding carboxylic acids is 1. The molecule has 2 rings (SSSR count). The standard InChI is InChI=1S/C17H25NO3.ClH/c1-2-20-17(19)5-3-4-10-21-16-9-7-13-6-8-15(18)11-14(13)12-16;/h7,9,12,15H,2-6,8,10-11,18H2,1H3;1H. The lowest BCUT2D eigenvalue weighted by molar-refractivity contribution is -0.143. The number of unbranched alkanes of at least 4 members (excludes halogenated alkanes) is 1. The molecule has 0 saturated carbocycles. The van der Waals surface area contributed by atoms with Gasteiger partial charge in [0.2, 0.25) is 0 Å². The van der Waals surface area contributed by atoms with Crippen molar-refractivity contribution in [3.63, 3.8) is 0 Å². The molecule has 0 fully saturated rings. The predicted molar refractivity (Wildman–Crippen MR) is 89.7 cm³/mol. The van der Waals surface area contributed by atoms with Gasteiger partial charge in [-0.25, -0.2) is 0 Å². The van der Waals surface area contributed by atoms with Crippen molar-refractivity contribution in [2.45, 2.75) is 51.5 Å². The molecule has 0 aromatic heterocycles. The van der Waals surface area contributed by atoms with Gasteiger partial charge >= 0.3 is 5.97 Å². The van der Waals surface area contributed by atoms with Crippen LogP contribution in [0.1, 0.15) is 43.7 Å². The molecule has 22 heavy (non-hydrogen) atoms. The summed E-state index contributed by atoms with van der Waals surface area (Å²) in [6.07, 6.45) is 5.20. The van der Waals surface area contributed by atoms with Crippen LogP contribution in [0.4, 0.5) is 0 Å². The maximum absolute atomic E-state index is 11.2. The number of ether oxygens (including phenoxy) is 2. The zero-order valence-corrected chi connectivity index (χ0v) is 14.0. The minimum atomic E-state index is -0.125. The highest BCUT2D eigenvalue weighted by Crippen LogP contribution is 2.25. The molecule has 0 saturated heterocycles. The van der Waals surface area contributed by atoms with Crippen molar-refractivity contribution in [2.75, 3.05) is 13.2 Å². The number of esters is 1. The van der Waals surface area contributed by atoms with Gasteiger partial charge in [-0.2, -0.15) is 0 Å². The zero-order chi connectivity index (χ0) is 15.1. The summed E-state index contributed by atoms with van der Waals surface area (Å²) in [6, 6.07) is 6.56. The zero-order valence-electron chi connectivity index (χ0n) is 13.2. The number of benzene rings is 1. The number of rotatable bonds is 7. The lowest BCUT2D eigenvalue weighted by Crippen LogP contribution is -2.27. The number of nitrogens with two attached hydrogens (primary N) is 1. The lowest BCUT2D eigenvalue weighted by Gasteiger charge is -2.22. The maximum Gasteiger partial charge on any atom is 0.305 e. The molecule has 1 aromatic rings. The van der Waals surface area contributed by atoms with E-state index in [1.165, 1.54) is 11.1 Å². The molecule has 0 aliphatic heterocycles. The average Bonchev–Trinajstić information content (AvgIpc) is 2.46. The second kappa shape index (κ2) is 9.70. The first-order valence-corrected chi connectivity index (χ1v) is 7.85. The summed E-state index contributed by atoms with van der Waals surface area (Å²) in [5.74, 6) is 0.777. The van der Waals surface area contributed by atoms with E-state index in [2.05, 4.69) is 12.1 Å². The highest BCUT2D eigenvalue weighted by molar-refractivity contribution is 5.85. The van der Waals surface area contributed by atoms with Crippen LogP contribution in [0, 0.1) is 0 Å². The van der Waals surface area contributed by atoms with E-state index in [1.807, 2.05) is 13.0 Å². The molecule has 1 aliphatic rings. The number of carbonyl (C=O) groups is 1. The molecule has 0 radical (unpaired) electrons. The van der Waals surface area contributed by atoms with Crippen molar-refractivity contribution in [3.05, 3.63) is 29.3 Å². The summed E-state index contributed by atoms with van der Waals surface area (Å²) in [7, 11) is 0. The summed E-state index contributed by atoms with van der Waals surface area (Å²) in [4.78, 5) is 11.2. The van der Waals surface area contributed by atoms with E-state index in [-0.39, 0.29) is 24.4 Å². The van der Waals surface area contributed by atoms with Crippen molar-refractivity contribution in [1.29, 1.82) is 0 Å². The van der Waals surface area contributed by atoms with Crippen molar-refractivity contribution >= 4 is 18.4 Å². The molecule has 2 N–H and O–H groups in total. The van der Waals surface area contributed by atoms with Crippen LogP contribution >= 0.6 is 12.4 Å². The van der Waals surface area contributed by atoms with Gasteiger partial charge in [0.1, 0.15) is 5.75 Å². The molecule has 0 spiro atoms. The molecule has 0 bridgehead atoms. The van der Waals surface area contributed by atoms with Crippen LogP contribution in [0.3, 0.4) is 0 Å². The summed E-state index contributed by atoms with van der Waals surface area (Å²) >= 11 is 0. The third-order valence-corrected chi connectivity index (χ3v) is 3.79. The molecular formula is C17H26ClNO3. The Balaban J connectivity index is 0.00000242. The van der Waals surface area contributed by atoms with Gasteiger partial charge in [-0.05, 0) is 62.3 Å². The number of hydrogen-bond acceptors (Lipinski definition) is 4. The van der Waals surface area contributed by atoms with E-state index in [0.29, 0.717) is 19.6 Å². The first kappa shape index (κ1) is 18.8. The Hall–Kier alpha value is -1.26. The van der Waals surface area contributed by atoms with Gasteiger partial charge in [0, 0.05) is 12.5 Å². The van der Waals surface area contributed by atoms with Crippen LogP contribution in [0.5, 0.6) is 5.75 Å². The van der Waals surface area contributed by atoms with Crippen molar-refractivity contribution in [1.82, 2.24) is 0 Å². The van der Waals surface area contributed by atoms with Crippen molar-refractivity contribution in [2.24, 2.45) is 5.73 Å². The number of aryl methyl sites for hydroxylation is 1. The van der Waals surface area contributed by atoms with Gasteiger partial charge in [0.05, 0.1) is 13.2 Å². The number of hydrogen-bond donors (Lipinski definition) is 1. The van der Waals surface area contributed by atoms with E-state index in [4.69, 9.17) is 15.2 Å². The second-order valence-electron chi connectivity index (χ2n) is 5.54. The van der Waals surface area contributed by atoms with Crippen LogP contribution in [-0.2, 0) is 22.4 Å². The number of fused-ring (bicyclic) bond motifs is 1. The molecule has 1 unspecified atom stereocenters. The SMILES string of the molecule is CCOC(=O)CCCCOc1ccc2c(c1)CC(N)CC2.Cl. The lowest BCUT2D eigenvalue weighted by atomic mass is 9.89. The highest BCUT2D eigenvalue weighted by Gasteiger charge is 2.15. The van der Waals surface area contributed by atoms with Crippen LogP contribution in [0.15, 0.2) is 18.2 Å². The second-order valence-corrected chi connectivity index (χ2v) is 5.54. The molecule has 124 valence electrons. The summed E-state index contributed by atoms with van der Waals surface area (Å²) in [6.45, 7) is 2.90. The fourth-order valence-corrected chi connectivity index (χ4v) is 2.65. The van der Waals surface area contributed by atoms with Crippen LogP contribution in [0.25, 0.3) is 0 Å². The van der Waals surface area contributed by atoms with Gasteiger partial charge in [-0.3, -0.25) is 4.79 Å². The summed E-state index contributed by atoms with van der Waals surface area (Å²) in [5, 5.41) is 0. The quantitative estimate of drug-likeness (QED) is 0.617. The number of halogens is 1. The molecule has 1 aliphatic carbocycles. The summed E-state index contributed by atoms with van der Waals surface area (Å²) < 4.78 is 10.6. The molecule has 0 heterocycles. The van der Waals surface area contributed by atoms with E-state index >= 15 is 0 Å². The van der Waals surface area contributed by atoms with E-state index in [0.717, 1.165) is 37.9 Å². The van der Waals surface area contributed by atoms with E-state index in [9.17, 15) is 4.79 Å². The Kier molecular flexibility index (Phi) is 8.28. The third-order valence-electron chi connectivity index (χ3n) is 3.79. The van der Waals surface area contributed by atoms with Gasteiger partial charge in [-0.15, -0.1) is 12.4 Å². The topological polar surface area (TPSA) is 61.5 Å². The third kappa shape index (κ3) is 5.85. The fourth-order valence-electron chi connectivity index (χ4n) is 2.65. The molecule has 5 heteroatoms. The minimum Gasteiger partial charge on any atom is -0.494 e. The molecule has 4 nitrogen and oxygen atoms in total. The van der Waals surface area contributed by atoms with Crippen LogP contribution in [0.2, 0.25) is 0 Å². The largest absolute Gasteiger partial charge is 0.494 e. The van der Waals surface area contributed by atoms with Gasteiger partial charge in [0.25, 0.3) is 0 Å².